The van der Waals surface area contributed by atoms with Gasteiger partial charge in [-0.05, 0) is 5.57 Å². The SMILES string of the molecule is C=CC=C(C=C)CN1CCOCC1. The molecule has 0 amide bonds. The molecule has 72 valence electrons. The van der Waals surface area contributed by atoms with Crippen LogP contribution in [0.5, 0.6) is 0 Å². The Bertz CT molecular complexity index is 202. The lowest BCUT2D eigenvalue weighted by Crippen LogP contribution is -2.37. The fourth-order valence-corrected chi connectivity index (χ4v) is 1.35. The Morgan fingerprint density at radius 1 is 1.31 bits per heavy atom. The lowest BCUT2D eigenvalue weighted by atomic mass is 10.2. The summed E-state index contributed by atoms with van der Waals surface area (Å²) in [6, 6.07) is 0. The molecule has 0 unspecified atom stereocenters. The first kappa shape index (κ1) is 10.2. The van der Waals surface area contributed by atoms with Crippen LogP contribution in [0.2, 0.25) is 0 Å². The maximum atomic E-state index is 5.27. The number of ether oxygens (including phenoxy) is 1. The van der Waals surface area contributed by atoms with E-state index in [0.717, 1.165) is 32.8 Å². The van der Waals surface area contributed by atoms with E-state index in [0.29, 0.717) is 0 Å². The van der Waals surface area contributed by atoms with E-state index >= 15 is 0 Å². The maximum Gasteiger partial charge on any atom is 0.0594 e. The van der Waals surface area contributed by atoms with Gasteiger partial charge in [0.1, 0.15) is 0 Å². The molecule has 1 aliphatic rings. The first-order chi connectivity index (χ1) is 6.36. The molecule has 0 saturated carbocycles. The van der Waals surface area contributed by atoms with Crippen LogP contribution in [0.15, 0.2) is 37.0 Å². The van der Waals surface area contributed by atoms with Gasteiger partial charge in [-0.15, -0.1) is 0 Å². The van der Waals surface area contributed by atoms with Crippen LogP contribution < -0.4 is 0 Å². The van der Waals surface area contributed by atoms with Crippen molar-refractivity contribution in [3.63, 3.8) is 0 Å². The molecule has 1 rings (SSSR count). The highest BCUT2D eigenvalue weighted by Crippen LogP contribution is 2.03. The number of hydrogen-bond donors (Lipinski definition) is 0. The van der Waals surface area contributed by atoms with Gasteiger partial charge in [-0.3, -0.25) is 4.90 Å². The number of hydrogen-bond acceptors (Lipinski definition) is 2. The zero-order valence-corrected chi connectivity index (χ0v) is 8.04. The minimum Gasteiger partial charge on any atom is -0.379 e. The van der Waals surface area contributed by atoms with Crippen molar-refractivity contribution in [3.8, 4) is 0 Å². The highest BCUT2D eigenvalue weighted by atomic mass is 16.5. The molecule has 2 nitrogen and oxygen atoms in total. The molecule has 13 heavy (non-hydrogen) atoms. The summed E-state index contributed by atoms with van der Waals surface area (Å²) in [5, 5.41) is 0. The Labute approximate surface area is 80.2 Å². The molecule has 0 atom stereocenters. The van der Waals surface area contributed by atoms with Crippen molar-refractivity contribution >= 4 is 0 Å². The monoisotopic (exact) mass is 179 g/mol. The summed E-state index contributed by atoms with van der Waals surface area (Å²) in [6.07, 6.45) is 5.69. The molecule has 1 fully saturated rings. The van der Waals surface area contributed by atoms with E-state index in [-0.39, 0.29) is 0 Å². The van der Waals surface area contributed by atoms with Crippen LogP contribution in [0.3, 0.4) is 0 Å². The highest BCUT2D eigenvalue weighted by Gasteiger charge is 2.09. The molecule has 2 heteroatoms. The second-order valence-electron chi connectivity index (χ2n) is 3.07. The summed E-state index contributed by atoms with van der Waals surface area (Å²) in [5.74, 6) is 0. The van der Waals surface area contributed by atoms with Crippen LogP contribution in [-0.2, 0) is 4.74 Å². The molecular weight excluding hydrogens is 162 g/mol. The fraction of sp³-hybridized carbons (Fsp3) is 0.455. The smallest absolute Gasteiger partial charge is 0.0594 e. The van der Waals surface area contributed by atoms with Crippen LogP contribution in [0.1, 0.15) is 0 Å². The third-order valence-corrected chi connectivity index (χ3v) is 2.10. The van der Waals surface area contributed by atoms with E-state index in [4.69, 9.17) is 4.74 Å². The first-order valence-electron chi connectivity index (χ1n) is 4.61. The highest BCUT2D eigenvalue weighted by molar-refractivity contribution is 5.22. The van der Waals surface area contributed by atoms with Gasteiger partial charge in [-0.1, -0.05) is 31.4 Å². The predicted molar refractivity (Wildman–Crippen MR) is 55.7 cm³/mol. The Hall–Kier alpha value is -0.860. The zero-order chi connectivity index (χ0) is 9.52. The Kier molecular flexibility index (Phi) is 4.50. The van der Waals surface area contributed by atoms with Crippen LogP contribution in [0, 0.1) is 0 Å². The minimum atomic E-state index is 0.846. The third-order valence-electron chi connectivity index (χ3n) is 2.10. The zero-order valence-electron chi connectivity index (χ0n) is 8.04. The van der Waals surface area contributed by atoms with Crippen molar-refractivity contribution in [1.29, 1.82) is 0 Å². The number of rotatable bonds is 4. The molecule has 0 aliphatic carbocycles. The maximum absolute atomic E-state index is 5.27. The van der Waals surface area contributed by atoms with Gasteiger partial charge in [0.25, 0.3) is 0 Å². The number of allylic oxidation sites excluding steroid dienone is 2. The van der Waals surface area contributed by atoms with Crippen LogP contribution >= 0.6 is 0 Å². The summed E-state index contributed by atoms with van der Waals surface area (Å²) in [5.41, 5.74) is 1.22. The summed E-state index contributed by atoms with van der Waals surface area (Å²) >= 11 is 0. The van der Waals surface area contributed by atoms with Crippen molar-refractivity contribution < 1.29 is 4.74 Å². The van der Waals surface area contributed by atoms with E-state index in [1.807, 2.05) is 12.2 Å². The predicted octanol–water partition coefficient (Wildman–Crippen LogP) is 1.62. The lowest BCUT2D eigenvalue weighted by Gasteiger charge is -2.26. The Balaban J connectivity index is 2.40. The van der Waals surface area contributed by atoms with Gasteiger partial charge < -0.3 is 4.74 Å². The van der Waals surface area contributed by atoms with Crippen molar-refractivity contribution in [2.45, 2.75) is 0 Å². The van der Waals surface area contributed by atoms with Crippen LogP contribution in [0.25, 0.3) is 0 Å². The second kappa shape index (κ2) is 5.73. The second-order valence-corrected chi connectivity index (χ2v) is 3.07. The molecular formula is C11H17NO. The topological polar surface area (TPSA) is 12.5 Å². The van der Waals surface area contributed by atoms with Gasteiger partial charge in [0, 0.05) is 19.6 Å². The lowest BCUT2D eigenvalue weighted by molar-refractivity contribution is 0.0426. The minimum absolute atomic E-state index is 0.846. The molecule has 0 aromatic rings. The summed E-state index contributed by atoms with van der Waals surface area (Å²) < 4.78 is 5.27. The molecule has 1 aliphatic heterocycles. The van der Waals surface area contributed by atoms with E-state index in [9.17, 15) is 0 Å². The van der Waals surface area contributed by atoms with Gasteiger partial charge in [0.15, 0.2) is 0 Å². The average molecular weight is 179 g/mol. The molecule has 0 aromatic heterocycles. The van der Waals surface area contributed by atoms with Crippen molar-refractivity contribution in [3.05, 3.63) is 37.0 Å². The molecule has 0 radical (unpaired) electrons. The summed E-state index contributed by atoms with van der Waals surface area (Å²) in [7, 11) is 0. The largest absolute Gasteiger partial charge is 0.379 e. The van der Waals surface area contributed by atoms with Crippen molar-refractivity contribution in [2.24, 2.45) is 0 Å². The van der Waals surface area contributed by atoms with E-state index in [1.54, 1.807) is 6.08 Å². The molecule has 1 heterocycles. The van der Waals surface area contributed by atoms with Gasteiger partial charge in [-0.2, -0.15) is 0 Å². The fourth-order valence-electron chi connectivity index (χ4n) is 1.35. The van der Waals surface area contributed by atoms with Crippen molar-refractivity contribution in [2.75, 3.05) is 32.8 Å². The number of nitrogens with zero attached hydrogens (tertiary/aromatic N) is 1. The Morgan fingerprint density at radius 3 is 2.54 bits per heavy atom. The van der Waals surface area contributed by atoms with Crippen LogP contribution in [0.4, 0.5) is 0 Å². The quantitative estimate of drug-likeness (QED) is 0.608. The molecule has 1 saturated heterocycles. The van der Waals surface area contributed by atoms with Crippen LogP contribution in [-0.4, -0.2) is 37.7 Å². The van der Waals surface area contributed by atoms with Gasteiger partial charge in [0.05, 0.1) is 13.2 Å². The normalized spacial score (nSPS) is 19.8. The van der Waals surface area contributed by atoms with E-state index in [2.05, 4.69) is 18.1 Å². The van der Waals surface area contributed by atoms with Gasteiger partial charge in [0.2, 0.25) is 0 Å². The summed E-state index contributed by atoms with van der Waals surface area (Å²) in [6.45, 7) is 12.1. The van der Waals surface area contributed by atoms with Crippen molar-refractivity contribution in [1.82, 2.24) is 4.90 Å². The molecule has 0 spiro atoms. The Morgan fingerprint density at radius 2 is 2.00 bits per heavy atom. The first-order valence-corrected chi connectivity index (χ1v) is 4.61. The van der Waals surface area contributed by atoms with Gasteiger partial charge in [-0.25, -0.2) is 0 Å². The standard InChI is InChI=1S/C11H17NO/c1-3-5-11(4-2)10-12-6-8-13-9-7-12/h3-5H,1-2,6-10H2. The molecule has 0 aromatic carbocycles. The van der Waals surface area contributed by atoms with Gasteiger partial charge >= 0.3 is 0 Å². The molecule has 0 N–H and O–H groups in total. The number of morpholine rings is 1. The third kappa shape index (κ3) is 3.57. The average Bonchev–Trinajstić information content (AvgIpc) is 2.19. The summed E-state index contributed by atoms with van der Waals surface area (Å²) in [4.78, 5) is 2.36. The van der Waals surface area contributed by atoms with E-state index in [1.165, 1.54) is 5.57 Å². The van der Waals surface area contributed by atoms with E-state index < -0.39 is 0 Å². The molecule has 0 bridgehead atoms.